The summed E-state index contributed by atoms with van der Waals surface area (Å²) in [6.07, 6.45) is 1.47. The van der Waals surface area contributed by atoms with Crippen LogP contribution >= 0.6 is 0 Å². The summed E-state index contributed by atoms with van der Waals surface area (Å²) in [5.41, 5.74) is 8.15. The molecule has 20 heavy (non-hydrogen) atoms. The van der Waals surface area contributed by atoms with Gasteiger partial charge in [-0.2, -0.15) is 0 Å². The molecule has 1 heterocycles. The van der Waals surface area contributed by atoms with Crippen molar-refractivity contribution in [3.05, 3.63) is 34.9 Å². The van der Waals surface area contributed by atoms with Crippen molar-refractivity contribution in [1.82, 2.24) is 5.32 Å². The molecule has 0 bridgehead atoms. The third-order valence-electron chi connectivity index (χ3n) is 3.07. The molecule has 0 radical (unpaired) electrons. The summed E-state index contributed by atoms with van der Waals surface area (Å²) in [6, 6.07) is 5.49. The fourth-order valence-corrected chi connectivity index (χ4v) is 3.37. The first kappa shape index (κ1) is 14.5. The van der Waals surface area contributed by atoms with Crippen LogP contribution in [0.4, 0.5) is 0 Å². The third kappa shape index (κ3) is 3.36. The fourth-order valence-electron chi connectivity index (χ4n) is 2.28. The average Bonchev–Trinajstić information content (AvgIpc) is 2.32. The van der Waals surface area contributed by atoms with Crippen LogP contribution in [0.15, 0.2) is 22.6 Å². The summed E-state index contributed by atoms with van der Waals surface area (Å²) in [6.45, 7) is 2.05. The second kappa shape index (κ2) is 5.62. The number of amidine groups is 1. The first-order valence-electron chi connectivity index (χ1n) is 6.33. The topological polar surface area (TPSA) is 102 Å². The number of benzene rings is 1. The molecule has 1 aromatic rings. The van der Waals surface area contributed by atoms with Crippen molar-refractivity contribution in [2.75, 3.05) is 6.54 Å². The lowest BCUT2D eigenvalue weighted by Crippen LogP contribution is -2.26. The maximum atomic E-state index is 11.6. The lowest BCUT2D eigenvalue weighted by Gasteiger charge is -2.17. The Bertz CT molecular complexity index is 665. The van der Waals surface area contributed by atoms with Gasteiger partial charge in [0.05, 0.1) is 5.75 Å². The quantitative estimate of drug-likeness (QED) is 0.780. The number of nitrogens with zero attached hydrogens (tertiary/aromatic N) is 1. The molecule has 1 aliphatic rings. The van der Waals surface area contributed by atoms with E-state index in [0.29, 0.717) is 18.5 Å². The Morgan fingerprint density at radius 2 is 2.20 bits per heavy atom. The highest BCUT2D eigenvalue weighted by atomic mass is 32.2. The highest BCUT2D eigenvalue weighted by Crippen LogP contribution is 2.23. The van der Waals surface area contributed by atoms with E-state index in [-0.39, 0.29) is 17.5 Å². The van der Waals surface area contributed by atoms with E-state index in [1.807, 2.05) is 12.1 Å². The van der Waals surface area contributed by atoms with E-state index in [1.165, 1.54) is 6.92 Å². The number of rotatable bonds is 4. The van der Waals surface area contributed by atoms with E-state index in [1.54, 1.807) is 6.07 Å². The SMILES string of the molecule is CC(=O)NCCCc1cccc2c1C(N)=NS(=O)(=O)C2. The summed E-state index contributed by atoms with van der Waals surface area (Å²) in [7, 11) is -3.49. The van der Waals surface area contributed by atoms with E-state index in [9.17, 15) is 13.2 Å². The van der Waals surface area contributed by atoms with Crippen LogP contribution in [0.3, 0.4) is 0 Å². The van der Waals surface area contributed by atoms with Crippen LogP contribution in [-0.4, -0.2) is 26.7 Å². The summed E-state index contributed by atoms with van der Waals surface area (Å²) in [4.78, 5) is 10.8. The zero-order valence-electron chi connectivity index (χ0n) is 11.2. The van der Waals surface area contributed by atoms with Crippen molar-refractivity contribution in [1.29, 1.82) is 0 Å². The van der Waals surface area contributed by atoms with Crippen LogP contribution in [0.5, 0.6) is 0 Å². The highest BCUT2D eigenvalue weighted by molar-refractivity contribution is 7.89. The molecule has 7 heteroatoms. The Hall–Kier alpha value is -1.89. The number of carbonyl (C=O) groups is 1. The molecule has 108 valence electrons. The molecule has 1 amide bonds. The molecular weight excluding hydrogens is 278 g/mol. The summed E-state index contributed by atoms with van der Waals surface area (Å²) in [5, 5.41) is 2.72. The van der Waals surface area contributed by atoms with Crippen molar-refractivity contribution in [3.63, 3.8) is 0 Å². The van der Waals surface area contributed by atoms with Gasteiger partial charge in [-0.25, -0.2) is 8.42 Å². The van der Waals surface area contributed by atoms with Gasteiger partial charge in [0.15, 0.2) is 0 Å². The maximum absolute atomic E-state index is 11.6. The normalized spacial score (nSPS) is 16.1. The van der Waals surface area contributed by atoms with Crippen molar-refractivity contribution >= 4 is 21.8 Å². The second-order valence-electron chi connectivity index (χ2n) is 4.74. The molecular formula is C13H17N3O3S. The number of nitrogens with one attached hydrogen (secondary N) is 1. The lowest BCUT2D eigenvalue weighted by molar-refractivity contribution is -0.118. The Labute approximate surface area is 118 Å². The second-order valence-corrected chi connectivity index (χ2v) is 6.38. The molecule has 3 N–H and O–H groups in total. The molecule has 0 atom stereocenters. The number of nitrogens with two attached hydrogens (primary N) is 1. The minimum absolute atomic E-state index is 0.0568. The molecule has 2 rings (SSSR count). The standard InChI is InChI=1S/C13H17N3O3S/c1-9(17)15-7-3-6-10-4-2-5-11-8-20(18,19)16-13(14)12(10)11/h2,4-5H,3,6-8H2,1H3,(H2,14,16)(H,15,17). The maximum Gasteiger partial charge on any atom is 0.259 e. The van der Waals surface area contributed by atoms with Crippen LogP contribution in [0.25, 0.3) is 0 Å². The van der Waals surface area contributed by atoms with Gasteiger partial charge in [0.25, 0.3) is 10.0 Å². The van der Waals surface area contributed by atoms with Gasteiger partial charge in [0.1, 0.15) is 5.84 Å². The van der Waals surface area contributed by atoms with E-state index in [4.69, 9.17) is 5.73 Å². The Balaban J connectivity index is 2.19. The monoisotopic (exact) mass is 295 g/mol. The number of amides is 1. The van der Waals surface area contributed by atoms with Gasteiger partial charge in [0.2, 0.25) is 5.91 Å². The van der Waals surface area contributed by atoms with Gasteiger partial charge in [-0.3, -0.25) is 4.79 Å². The van der Waals surface area contributed by atoms with Crippen molar-refractivity contribution in [3.8, 4) is 0 Å². The molecule has 1 aromatic carbocycles. The molecule has 0 aromatic heterocycles. The molecule has 0 spiro atoms. The highest BCUT2D eigenvalue weighted by Gasteiger charge is 2.23. The van der Waals surface area contributed by atoms with E-state index in [0.717, 1.165) is 17.5 Å². The third-order valence-corrected chi connectivity index (χ3v) is 4.22. The average molecular weight is 295 g/mol. The molecule has 0 saturated heterocycles. The van der Waals surface area contributed by atoms with Gasteiger partial charge in [-0.1, -0.05) is 18.2 Å². The van der Waals surface area contributed by atoms with Crippen LogP contribution < -0.4 is 11.1 Å². The summed E-state index contributed by atoms with van der Waals surface area (Å²) < 4.78 is 26.7. The van der Waals surface area contributed by atoms with Crippen LogP contribution in [-0.2, 0) is 27.0 Å². The van der Waals surface area contributed by atoms with Gasteiger partial charge >= 0.3 is 0 Å². The summed E-state index contributed by atoms with van der Waals surface area (Å²) >= 11 is 0. The van der Waals surface area contributed by atoms with Crippen LogP contribution in [0.1, 0.15) is 30.0 Å². The number of sulfonamides is 1. The smallest absolute Gasteiger partial charge is 0.259 e. The molecule has 1 aliphatic heterocycles. The van der Waals surface area contributed by atoms with Crippen molar-refractivity contribution in [2.45, 2.75) is 25.5 Å². The van der Waals surface area contributed by atoms with Gasteiger partial charge in [-0.05, 0) is 24.0 Å². The summed E-state index contributed by atoms with van der Waals surface area (Å²) in [5.74, 6) is -0.114. The van der Waals surface area contributed by atoms with Crippen LogP contribution in [0.2, 0.25) is 0 Å². The molecule has 0 saturated carbocycles. The van der Waals surface area contributed by atoms with E-state index >= 15 is 0 Å². The van der Waals surface area contributed by atoms with Gasteiger partial charge < -0.3 is 11.1 Å². The Kier molecular flexibility index (Phi) is 4.08. The molecule has 0 aliphatic carbocycles. The number of hydrogen-bond acceptors (Lipinski definition) is 4. The van der Waals surface area contributed by atoms with Crippen molar-refractivity contribution in [2.24, 2.45) is 10.1 Å². The first-order chi connectivity index (χ1) is 9.39. The van der Waals surface area contributed by atoms with Gasteiger partial charge in [-0.15, -0.1) is 4.40 Å². The minimum atomic E-state index is -3.49. The minimum Gasteiger partial charge on any atom is -0.383 e. The largest absolute Gasteiger partial charge is 0.383 e. The van der Waals surface area contributed by atoms with E-state index < -0.39 is 10.0 Å². The fraction of sp³-hybridized carbons (Fsp3) is 0.385. The lowest BCUT2D eigenvalue weighted by atomic mass is 9.97. The predicted molar refractivity (Wildman–Crippen MR) is 76.8 cm³/mol. The number of carbonyl (C=O) groups excluding carboxylic acids is 1. The zero-order chi connectivity index (χ0) is 14.8. The van der Waals surface area contributed by atoms with Gasteiger partial charge in [0, 0.05) is 19.0 Å². The zero-order valence-corrected chi connectivity index (χ0v) is 12.0. The number of hydrogen-bond donors (Lipinski definition) is 2. The first-order valence-corrected chi connectivity index (χ1v) is 7.93. The molecule has 0 fully saturated rings. The van der Waals surface area contributed by atoms with Crippen LogP contribution in [0, 0.1) is 0 Å². The molecule has 6 nitrogen and oxygen atoms in total. The predicted octanol–water partition coefficient (Wildman–Crippen LogP) is 0.304. The van der Waals surface area contributed by atoms with E-state index in [2.05, 4.69) is 9.71 Å². The van der Waals surface area contributed by atoms with Crippen molar-refractivity contribution < 1.29 is 13.2 Å². The number of aryl methyl sites for hydroxylation is 1. The molecule has 0 unspecified atom stereocenters. The number of fused-ring (bicyclic) bond motifs is 1. The Morgan fingerprint density at radius 3 is 2.90 bits per heavy atom. The Morgan fingerprint density at radius 1 is 1.45 bits per heavy atom.